The molecule has 0 atom stereocenters. The largest absolute Gasteiger partial charge is 0.290 e. The predicted molar refractivity (Wildman–Crippen MR) is 86.3 cm³/mol. The van der Waals surface area contributed by atoms with Crippen LogP contribution in [0.1, 0.15) is 32.1 Å². The molecule has 0 saturated heterocycles. The third-order valence-corrected chi connectivity index (χ3v) is 4.21. The molecule has 4 rings (SSSR count). The van der Waals surface area contributed by atoms with Crippen molar-refractivity contribution in [3.8, 4) is 5.69 Å². The van der Waals surface area contributed by atoms with Gasteiger partial charge in [-0.05, 0) is 12.1 Å². The quantitative estimate of drug-likeness (QED) is 0.404. The van der Waals surface area contributed by atoms with E-state index in [9.17, 15) is 19.7 Å². The minimum absolute atomic E-state index is 0.0275. The van der Waals surface area contributed by atoms with E-state index in [1.54, 1.807) is 24.3 Å². The molecule has 2 aromatic carbocycles. The van der Waals surface area contributed by atoms with Gasteiger partial charge in [0.2, 0.25) is 11.6 Å². The molecule has 0 saturated carbocycles. The number of nitro benzene ring substituents is 1. The number of nitrogens with zero attached hydrogens (tertiary/aromatic N) is 4. The average Bonchev–Trinajstić information content (AvgIpc) is 3.05. The number of ketones is 2. The molecule has 1 aliphatic carbocycles. The Bertz CT molecular complexity index is 1090. The van der Waals surface area contributed by atoms with E-state index in [0.29, 0.717) is 0 Å². The van der Waals surface area contributed by atoms with Crippen LogP contribution in [0.3, 0.4) is 0 Å². The molecule has 0 spiro atoms. The van der Waals surface area contributed by atoms with Crippen molar-refractivity contribution in [1.29, 1.82) is 0 Å². The second-order valence-corrected chi connectivity index (χ2v) is 5.70. The standard InChI is InChI=1S/C16H7ClN4O4/c17-11-6-5-8(7-12(11)21(24)25)20-14-13(18-19-20)15(22)9-3-1-2-4-10(9)16(14)23/h1-7H. The first-order valence-electron chi connectivity index (χ1n) is 7.07. The molecule has 0 unspecified atom stereocenters. The van der Waals surface area contributed by atoms with Gasteiger partial charge in [0, 0.05) is 17.2 Å². The van der Waals surface area contributed by atoms with E-state index in [0.717, 1.165) is 4.68 Å². The van der Waals surface area contributed by atoms with E-state index in [2.05, 4.69) is 10.3 Å². The lowest BCUT2D eigenvalue weighted by atomic mass is 9.90. The second-order valence-electron chi connectivity index (χ2n) is 5.30. The maximum Gasteiger partial charge on any atom is 0.290 e. The number of hydrogen-bond acceptors (Lipinski definition) is 6. The lowest BCUT2D eigenvalue weighted by molar-refractivity contribution is -0.384. The van der Waals surface area contributed by atoms with Gasteiger partial charge in [-0.15, -0.1) is 5.10 Å². The van der Waals surface area contributed by atoms with Gasteiger partial charge in [-0.25, -0.2) is 4.68 Å². The first kappa shape index (κ1) is 15.2. The van der Waals surface area contributed by atoms with Crippen LogP contribution in [0, 0.1) is 10.1 Å². The molecule has 122 valence electrons. The van der Waals surface area contributed by atoms with Crippen molar-refractivity contribution in [3.63, 3.8) is 0 Å². The Morgan fingerprint density at radius 3 is 2.40 bits per heavy atom. The summed E-state index contributed by atoms with van der Waals surface area (Å²) in [5.41, 5.74) is 0.270. The fourth-order valence-corrected chi connectivity index (χ4v) is 2.91. The third-order valence-electron chi connectivity index (χ3n) is 3.89. The molecule has 0 radical (unpaired) electrons. The first-order valence-corrected chi connectivity index (χ1v) is 7.45. The van der Waals surface area contributed by atoms with Crippen molar-refractivity contribution in [2.75, 3.05) is 0 Å². The van der Waals surface area contributed by atoms with Crippen molar-refractivity contribution in [2.45, 2.75) is 0 Å². The topological polar surface area (TPSA) is 108 Å². The number of aromatic nitrogens is 3. The number of nitro groups is 1. The van der Waals surface area contributed by atoms with E-state index in [1.165, 1.54) is 18.2 Å². The van der Waals surface area contributed by atoms with Crippen molar-refractivity contribution in [1.82, 2.24) is 15.0 Å². The van der Waals surface area contributed by atoms with Crippen LogP contribution in [0.25, 0.3) is 5.69 Å². The van der Waals surface area contributed by atoms with Gasteiger partial charge < -0.3 is 0 Å². The smallest absolute Gasteiger partial charge is 0.287 e. The number of rotatable bonds is 2. The molecular formula is C16H7ClN4O4. The fraction of sp³-hybridized carbons (Fsp3) is 0. The number of hydrogen-bond donors (Lipinski definition) is 0. The Kier molecular flexibility index (Phi) is 3.22. The molecule has 0 bridgehead atoms. The van der Waals surface area contributed by atoms with Crippen LogP contribution in [0.15, 0.2) is 42.5 Å². The van der Waals surface area contributed by atoms with Crippen LogP contribution in [0.5, 0.6) is 0 Å². The second kappa shape index (κ2) is 5.32. The van der Waals surface area contributed by atoms with Gasteiger partial charge in [0.25, 0.3) is 5.69 Å². The Balaban J connectivity index is 1.93. The van der Waals surface area contributed by atoms with Crippen LogP contribution >= 0.6 is 11.6 Å². The maximum absolute atomic E-state index is 12.8. The van der Waals surface area contributed by atoms with Crippen LogP contribution in [-0.2, 0) is 0 Å². The van der Waals surface area contributed by atoms with E-state index in [4.69, 9.17) is 11.6 Å². The van der Waals surface area contributed by atoms with E-state index >= 15 is 0 Å². The molecule has 9 heteroatoms. The molecule has 25 heavy (non-hydrogen) atoms. The molecule has 0 N–H and O–H groups in total. The Morgan fingerprint density at radius 2 is 1.72 bits per heavy atom. The highest BCUT2D eigenvalue weighted by atomic mass is 35.5. The maximum atomic E-state index is 12.8. The Labute approximate surface area is 144 Å². The van der Waals surface area contributed by atoms with E-state index in [1.807, 2.05) is 0 Å². The van der Waals surface area contributed by atoms with E-state index in [-0.39, 0.29) is 38.9 Å². The molecule has 0 fully saturated rings. The normalized spacial score (nSPS) is 12.7. The first-order chi connectivity index (χ1) is 12.0. The van der Waals surface area contributed by atoms with Gasteiger partial charge in [0.15, 0.2) is 5.69 Å². The number of carbonyl (C=O) groups is 2. The molecule has 1 heterocycles. The summed E-state index contributed by atoms with van der Waals surface area (Å²) in [5, 5.41) is 18.7. The lowest BCUT2D eigenvalue weighted by Crippen LogP contribution is -2.23. The molecule has 1 aromatic heterocycles. The summed E-state index contributed by atoms with van der Waals surface area (Å²) in [7, 11) is 0. The highest BCUT2D eigenvalue weighted by Crippen LogP contribution is 2.30. The van der Waals surface area contributed by atoms with Gasteiger partial charge in [-0.2, -0.15) is 0 Å². The van der Waals surface area contributed by atoms with Gasteiger partial charge >= 0.3 is 0 Å². The number of carbonyl (C=O) groups excluding carboxylic acids is 2. The van der Waals surface area contributed by atoms with Gasteiger partial charge in [-0.3, -0.25) is 19.7 Å². The van der Waals surface area contributed by atoms with Crippen LogP contribution in [0.2, 0.25) is 5.02 Å². The molecule has 8 nitrogen and oxygen atoms in total. The average molecular weight is 355 g/mol. The molecule has 0 amide bonds. The zero-order chi connectivity index (χ0) is 17.7. The van der Waals surface area contributed by atoms with Gasteiger partial charge in [-0.1, -0.05) is 41.1 Å². The lowest BCUT2D eigenvalue weighted by Gasteiger charge is -2.14. The van der Waals surface area contributed by atoms with Crippen LogP contribution in [-0.4, -0.2) is 31.5 Å². The molecule has 0 aliphatic heterocycles. The SMILES string of the molecule is O=C1c2ccccc2C(=O)c2c1nnn2-c1ccc(Cl)c([N+](=O)[O-])c1. The van der Waals surface area contributed by atoms with E-state index < -0.39 is 16.5 Å². The summed E-state index contributed by atoms with van der Waals surface area (Å²) < 4.78 is 1.12. The highest BCUT2D eigenvalue weighted by Gasteiger charge is 2.35. The van der Waals surface area contributed by atoms with Crippen LogP contribution < -0.4 is 0 Å². The minimum Gasteiger partial charge on any atom is -0.287 e. The predicted octanol–water partition coefficient (Wildman–Crippen LogP) is 2.60. The summed E-state index contributed by atoms with van der Waals surface area (Å²) in [6, 6.07) is 10.4. The summed E-state index contributed by atoms with van der Waals surface area (Å²) in [6.07, 6.45) is 0. The van der Waals surface area contributed by atoms with Gasteiger partial charge in [0.05, 0.1) is 10.6 Å². The number of fused-ring (bicyclic) bond motifs is 2. The zero-order valence-corrected chi connectivity index (χ0v) is 13.1. The fourth-order valence-electron chi connectivity index (χ4n) is 2.73. The Hall–Kier alpha value is -3.39. The zero-order valence-electron chi connectivity index (χ0n) is 12.3. The van der Waals surface area contributed by atoms with Crippen molar-refractivity contribution in [2.24, 2.45) is 0 Å². The number of benzene rings is 2. The molecule has 1 aliphatic rings. The summed E-state index contributed by atoms with van der Waals surface area (Å²) in [4.78, 5) is 35.7. The Morgan fingerprint density at radius 1 is 1.04 bits per heavy atom. The summed E-state index contributed by atoms with van der Waals surface area (Å²) in [5.74, 6) is -0.840. The van der Waals surface area contributed by atoms with Gasteiger partial charge in [0.1, 0.15) is 10.7 Å². The monoisotopic (exact) mass is 354 g/mol. The molecular weight excluding hydrogens is 348 g/mol. The third kappa shape index (κ3) is 2.15. The summed E-state index contributed by atoms with van der Waals surface area (Å²) in [6.45, 7) is 0. The highest BCUT2D eigenvalue weighted by molar-refractivity contribution is 6.32. The molecule has 3 aromatic rings. The minimum atomic E-state index is -0.641. The summed E-state index contributed by atoms with van der Waals surface area (Å²) >= 11 is 5.81. The van der Waals surface area contributed by atoms with Crippen molar-refractivity contribution in [3.05, 3.63) is 80.1 Å². The van der Waals surface area contributed by atoms with Crippen molar-refractivity contribution >= 4 is 28.9 Å². The number of halogens is 1. The van der Waals surface area contributed by atoms with Crippen LogP contribution in [0.4, 0.5) is 5.69 Å². The van der Waals surface area contributed by atoms with Crippen molar-refractivity contribution < 1.29 is 14.5 Å².